The topological polar surface area (TPSA) is 43.2 Å². The molecule has 1 aliphatic rings. The number of methoxy groups -OCH3 is 1. The van der Waals surface area contributed by atoms with Crippen molar-refractivity contribution in [3.63, 3.8) is 0 Å². The van der Waals surface area contributed by atoms with Crippen molar-refractivity contribution in [2.45, 2.75) is 25.3 Å². The molecular formula is C20H24N4O. The van der Waals surface area contributed by atoms with Gasteiger partial charge < -0.3 is 4.74 Å². The lowest BCUT2D eigenvalue weighted by Gasteiger charge is -2.32. The second-order valence-corrected chi connectivity index (χ2v) is 6.77. The second-order valence-electron chi connectivity index (χ2n) is 6.77. The van der Waals surface area contributed by atoms with E-state index in [1.165, 1.54) is 29.5 Å². The molecule has 1 aliphatic heterocycles. The lowest BCUT2D eigenvalue weighted by Crippen LogP contribution is -2.34. The number of nitrogens with zero attached hydrogens (tertiary/aromatic N) is 4. The number of aryl methyl sites for hydroxylation is 1. The number of benzene rings is 1. The summed E-state index contributed by atoms with van der Waals surface area (Å²) in [5.41, 5.74) is 3.41. The van der Waals surface area contributed by atoms with E-state index in [1.807, 2.05) is 36.1 Å². The molecular weight excluding hydrogens is 312 g/mol. The van der Waals surface area contributed by atoms with Gasteiger partial charge in [0.15, 0.2) is 5.65 Å². The van der Waals surface area contributed by atoms with Crippen molar-refractivity contribution in [1.29, 1.82) is 0 Å². The Morgan fingerprint density at radius 1 is 1.20 bits per heavy atom. The Labute approximate surface area is 148 Å². The zero-order valence-electron chi connectivity index (χ0n) is 14.9. The molecule has 3 aromatic rings. The molecule has 1 saturated heterocycles. The number of aromatic nitrogens is 3. The average Bonchev–Trinajstić information content (AvgIpc) is 3.00. The van der Waals surface area contributed by atoms with Crippen LogP contribution in [-0.4, -0.2) is 39.9 Å². The van der Waals surface area contributed by atoms with Gasteiger partial charge in [-0.15, -0.1) is 0 Å². The van der Waals surface area contributed by atoms with Gasteiger partial charge >= 0.3 is 0 Å². The molecule has 0 bridgehead atoms. The third-order valence-electron chi connectivity index (χ3n) is 5.11. The molecule has 0 saturated carbocycles. The zero-order valence-corrected chi connectivity index (χ0v) is 14.9. The first kappa shape index (κ1) is 16.1. The lowest BCUT2D eigenvalue weighted by atomic mass is 9.93. The van der Waals surface area contributed by atoms with Crippen LogP contribution in [0.25, 0.3) is 11.0 Å². The monoisotopic (exact) mass is 336 g/mol. The van der Waals surface area contributed by atoms with Gasteiger partial charge in [0, 0.05) is 43.2 Å². The van der Waals surface area contributed by atoms with Crippen LogP contribution in [0.5, 0.6) is 5.75 Å². The van der Waals surface area contributed by atoms with Gasteiger partial charge in [-0.1, -0.05) is 18.2 Å². The predicted molar refractivity (Wildman–Crippen MR) is 98.8 cm³/mol. The molecule has 0 aliphatic carbocycles. The van der Waals surface area contributed by atoms with Gasteiger partial charge in [0.2, 0.25) is 0 Å². The molecule has 0 radical (unpaired) electrons. The summed E-state index contributed by atoms with van der Waals surface area (Å²) in [5, 5.41) is 5.98. The van der Waals surface area contributed by atoms with E-state index in [4.69, 9.17) is 9.84 Å². The molecule has 0 spiro atoms. The van der Waals surface area contributed by atoms with Gasteiger partial charge in [0.25, 0.3) is 0 Å². The molecule has 1 aromatic carbocycles. The van der Waals surface area contributed by atoms with Crippen LogP contribution in [0.2, 0.25) is 0 Å². The fourth-order valence-electron chi connectivity index (χ4n) is 3.92. The molecule has 1 atom stereocenters. The highest BCUT2D eigenvalue weighted by Gasteiger charge is 2.26. The summed E-state index contributed by atoms with van der Waals surface area (Å²) in [6, 6.07) is 12.4. The van der Waals surface area contributed by atoms with Crippen LogP contribution in [-0.2, 0) is 13.6 Å². The smallest absolute Gasteiger partial charge is 0.157 e. The number of pyridine rings is 1. The van der Waals surface area contributed by atoms with E-state index in [1.54, 1.807) is 7.11 Å². The number of hydrogen-bond acceptors (Lipinski definition) is 4. The van der Waals surface area contributed by atoms with E-state index in [-0.39, 0.29) is 0 Å². The maximum absolute atomic E-state index is 5.51. The number of rotatable bonds is 4. The Kier molecular flexibility index (Phi) is 4.40. The molecule has 130 valence electrons. The maximum Gasteiger partial charge on any atom is 0.157 e. The van der Waals surface area contributed by atoms with Crippen LogP contribution in [0, 0.1) is 0 Å². The third-order valence-corrected chi connectivity index (χ3v) is 5.11. The second kappa shape index (κ2) is 6.84. The lowest BCUT2D eigenvalue weighted by molar-refractivity contribution is 0.196. The van der Waals surface area contributed by atoms with Crippen molar-refractivity contribution in [2.24, 2.45) is 7.05 Å². The molecule has 5 heteroatoms. The molecule has 4 rings (SSSR count). The van der Waals surface area contributed by atoms with Crippen molar-refractivity contribution in [3.8, 4) is 5.75 Å². The molecule has 25 heavy (non-hydrogen) atoms. The van der Waals surface area contributed by atoms with Gasteiger partial charge in [-0.2, -0.15) is 5.10 Å². The number of hydrogen-bond donors (Lipinski definition) is 0. The predicted octanol–water partition coefficient (Wildman–Crippen LogP) is 3.36. The van der Waals surface area contributed by atoms with Crippen molar-refractivity contribution < 1.29 is 4.74 Å². The summed E-state index contributed by atoms with van der Waals surface area (Å²) in [4.78, 5) is 6.99. The van der Waals surface area contributed by atoms with Crippen molar-refractivity contribution >= 4 is 11.0 Å². The third kappa shape index (κ3) is 3.12. The van der Waals surface area contributed by atoms with Crippen molar-refractivity contribution in [2.75, 3.05) is 20.2 Å². The van der Waals surface area contributed by atoms with Crippen LogP contribution in [0.3, 0.4) is 0 Å². The van der Waals surface area contributed by atoms with Crippen LogP contribution >= 0.6 is 0 Å². The van der Waals surface area contributed by atoms with Crippen LogP contribution < -0.4 is 4.74 Å². The summed E-state index contributed by atoms with van der Waals surface area (Å²) in [5.74, 6) is 1.42. The fraction of sp³-hybridized carbons (Fsp3) is 0.400. The number of ether oxygens (including phenoxy) is 1. The molecule has 0 N–H and O–H groups in total. The van der Waals surface area contributed by atoms with Crippen LogP contribution in [0.4, 0.5) is 0 Å². The molecule has 1 fully saturated rings. The standard InChI is InChI=1S/C20H24N4O/c1-23-20-17(9-5-11-21-20)19(22-23)16-8-6-12-24(14-16)13-15-7-3-4-10-18(15)25-2/h3-5,7,9-11,16H,6,8,12-14H2,1-2H3. The molecule has 0 amide bonds. The van der Waals surface area contributed by atoms with Crippen molar-refractivity contribution in [3.05, 3.63) is 53.9 Å². The van der Waals surface area contributed by atoms with E-state index in [0.717, 1.165) is 31.0 Å². The Morgan fingerprint density at radius 3 is 2.96 bits per heavy atom. The first-order valence-corrected chi connectivity index (χ1v) is 8.88. The van der Waals surface area contributed by atoms with E-state index < -0.39 is 0 Å². The van der Waals surface area contributed by atoms with Gasteiger partial charge in [0.05, 0.1) is 12.8 Å². The molecule has 2 aromatic heterocycles. The summed E-state index contributed by atoms with van der Waals surface area (Å²) in [6.45, 7) is 3.07. The van der Waals surface area contributed by atoms with Gasteiger partial charge in [-0.25, -0.2) is 4.98 Å². The van der Waals surface area contributed by atoms with E-state index in [0.29, 0.717) is 5.92 Å². The van der Waals surface area contributed by atoms with E-state index in [9.17, 15) is 0 Å². The fourth-order valence-corrected chi connectivity index (χ4v) is 3.92. The highest BCUT2D eigenvalue weighted by Crippen LogP contribution is 2.32. The number of likely N-dealkylation sites (tertiary alicyclic amines) is 1. The normalized spacial score (nSPS) is 18.6. The Morgan fingerprint density at radius 2 is 2.08 bits per heavy atom. The van der Waals surface area contributed by atoms with E-state index in [2.05, 4.69) is 28.1 Å². The highest BCUT2D eigenvalue weighted by molar-refractivity contribution is 5.78. The molecule has 5 nitrogen and oxygen atoms in total. The number of fused-ring (bicyclic) bond motifs is 1. The van der Waals surface area contributed by atoms with E-state index >= 15 is 0 Å². The summed E-state index contributed by atoms with van der Waals surface area (Å²) in [6.07, 6.45) is 4.21. The quantitative estimate of drug-likeness (QED) is 0.733. The van der Waals surface area contributed by atoms with Gasteiger partial charge in [-0.05, 0) is 37.6 Å². The summed E-state index contributed by atoms with van der Waals surface area (Å²) in [7, 11) is 3.72. The summed E-state index contributed by atoms with van der Waals surface area (Å²) < 4.78 is 7.42. The minimum atomic E-state index is 0.455. The van der Waals surface area contributed by atoms with Crippen LogP contribution in [0.15, 0.2) is 42.6 Å². The average molecular weight is 336 g/mol. The Hall–Kier alpha value is -2.40. The molecule has 1 unspecified atom stereocenters. The largest absolute Gasteiger partial charge is 0.496 e. The Bertz CT molecular complexity index is 873. The molecule has 3 heterocycles. The van der Waals surface area contributed by atoms with Crippen LogP contribution in [0.1, 0.15) is 30.0 Å². The van der Waals surface area contributed by atoms with Gasteiger partial charge in [-0.3, -0.25) is 9.58 Å². The number of para-hydroxylation sites is 1. The first-order valence-electron chi connectivity index (χ1n) is 8.88. The summed E-state index contributed by atoms with van der Waals surface area (Å²) >= 11 is 0. The first-order chi connectivity index (χ1) is 12.3. The maximum atomic E-state index is 5.51. The number of piperidine rings is 1. The van der Waals surface area contributed by atoms with Gasteiger partial charge in [0.1, 0.15) is 5.75 Å². The minimum absolute atomic E-state index is 0.455. The highest BCUT2D eigenvalue weighted by atomic mass is 16.5. The Balaban J connectivity index is 1.56. The van der Waals surface area contributed by atoms with Crippen molar-refractivity contribution in [1.82, 2.24) is 19.7 Å². The zero-order chi connectivity index (χ0) is 17.2. The minimum Gasteiger partial charge on any atom is -0.496 e. The SMILES string of the molecule is COc1ccccc1CN1CCCC(c2nn(C)c3ncccc23)C1.